The Morgan fingerprint density at radius 3 is 2.47 bits per heavy atom. The highest BCUT2D eigenvalue weighted by Gasteiger charge is 2.25. The molecule has 106 valence electrons. The zero-order valence-electron chi connectivity index (χ0n) is 11.0. The van der Waals surface area contributed by atoms with Gasteiger partial charge in [0.05, 0.1) is 10.4 Å². The van der Waals surface area contributed by atoms with Crippen molar-refractivity contribution in [2.45, 2.75) is 30.8 Å². The predicted octanol–water partition coefficient (Wildman–Crippen LogP) is 1.10. The largest absolute Gasteiger partial charge is 0.368 e. The first kappa shape index (κ1) is 15.9. The third-order valence-electron chi connectivity index (χ3n) is 2.80. The van der Waals surface area contributed by atoms with Crippen molar-refractivity contribution < 1.29 is 13.2 Å². The number of carbonyl (C=O) groups excluding carboxylic acids is 1. The first-order valence-corrected chi connectivity index (χ1v) is 7.85. The van der Waals surface area contributed by atoms with Crippen molar-refractivity contribution in [2.75, 3.05) is 6.26 Å². The van der Waals surface area contributed by atoms with E-state index in [0.717, 1.165) is 6.26 Å². The molecule has 0 saturated heterocycles. The second-order valence-electron chi connectivity index (χ2n) is 4.83. The fourth-order valence-electron chi connectivity index (χ4n) is 1.45. The van der Waals surface area contributed by atoms with Crippen LogP contribution in [0, 0.1) is 0 Å². The van der Waals surface area contributed by atoms with Gasteiger partial charge < -0.3 is 5.73 Å². The van der Waals surface area contributed by atoms with Crippen molar-refractivity contribution in [3.63, 3.8) is 0 Å². The minimum atomic E-state index is -3.38. The normalized spacial score (nSPS) is 12.4. The van der Waals surface area contributed by atoms with Crippen molar-refractivity contribution in [3.05, 3.63) is 28.8 Å². The van der Waals surface area contributed by atoms with Crippen LogP contribution in [-0.2, 0) is 21.2 Å². The van der Waals surface area contributed by atoms with Crippen LogP contribution in [0.25, 0.3) is 0 Å². The molecule has 0 atom stereocenters. The fourth-order valence-corrected chi connectivity index (χ4v) is 2.71. The first-order valence-electron chi connectivity index (χ1n) is 5.58. The lowest BCUT2D eigenvalue weighted by Gasteiger charge is -2.23. The van der Waals surface area contributed by atoms with Crippen LogP contribution in [0.2, 0.25) is 5.02 Å². The molecule has 19 heavy (non-hydrogen) atoms. The summed E-state index contributed by atoms with van der Waals surface area (Å²) in [6, 6.07) is 4.65. The molecule has 0 radical (unpaired) electrons. The van der Waals surface area contributed by atoms with E-state index in [9.17, 15) is 13.2 Å². The lowest BCUT2D eigenvalue weighted by Crippen LogP contribution is -2.50. The molecule has 1 aromatic carbocycles. The Hall–Kier alpha value is -1.11. The summed E-state index contributed by atoms with van der Waals surface area (Å²) >= 11 is 6.02. The van der Waals surface area contributed by atoms with E-state index in [-0.39, 0.29) is 11.4 Å². The molecule has 0 unspecified atom stereocenters. The summed E-state index contributed by atoms with van der Waals surface area (Å²) in [4.78, 5) is 11.4. The smallest absolute Gasteiger partial charge is 0.237 e. The van der Waals surface area contributed by atoms with Gasteiger partial charge in [-0.1, -0.05) is 17.7 Å². The molecule has 0 fully saturated rings. The van der Waals surface area contributed by atoms with E-state index >= 15 is 0 Å². The van der Waals surface area contributed by atoms with Crippen LogP contribution >= 0.6 is 11.6 Å². The van der Waals surface area contributed by atoms with Crippen LogP contribution in [-0.4, -0.2) is 26.1 Å². The lowest BCUT2D eigenvalue weighted by atomic mass is 10.0. The fraction of sp³-hybridized carbons (Fsp3) is 0.417. The molecule has 7 heteroatoms. The number of sulfone groups is 1. The van der Waals surface area contributed by atoms with Gasteiger partial charge in [0.2, 0.25) is 5.91 Å². The van der Waals surface area contributed by atoms with Gasteiger partial charge in [0, 0.05) is 23.4 Å². The van der Waals surface area contributed by atoms with E-state index in [1.807, 2.05) is 0 Å². The zero-order valence-corrected chi connectivity index (χ0v) is 12.6. The molecule has 1 rings (SSSR count). The van der Waals surface area contributed by atoms with E-state index in [1.54, 1.807) is 26.0 Å². The molecule has 5 nitrogen and oxygen atoms in total. The SMILES string of the molecule is CC(C)(NCc1c(Cl)cccc1S(C)(=O)=O)C(N)=O. The van der Waals surface area contributed by atoms with Gasteiger partial charge in [0.15, 0.2) is 9.84 Å². The van der Waals surface area contributed by atoms with Crippen molar-refractivity contribution in [1.29, 1.82) is 0 Å². The highest BCUT2D eigenvalue weighted by Crippen LogP contribution is 2.24. The van der Waals surface area contributed by atoms with Gasteiger partial charge in [-0.3, -0.25) is 10.1 Å². The third kappa shape index (κ3) is 3.92. The van der Waals surface area contributed by atoms with Crippen molar-refractivity contribution in [2.24, 2.45) is 5.73 Å². The van der Waals surface area contributed by atoms with Gasteiger partial charge in [-0.2, -0.15) is 0 Å². The molecule has 0 aliphatic carbocycles. The van der Waals surface area contributed by atoms with Crippen molar-refractivity contribution >= 4 is 27.3 Å². The van der Waals surface area contributed by atoms with E-state index in [1.165, 1.54) is 6.07 Å². The Morgan fingerprint density at radius 2 is 2.00 bits per heavy atom. The van der Waals surface area contributed by atoms with Crippen LogP contribution in [0.1, 0.15) is 19.4 Å². The Bertz CT molecular complexity index is 597. The number of hydrogen-bond donors (Lipinski definition) is 2. The summed E-state index contributed by atoms with van der Waals surface area (Å²) in [6.45, 7) is 3.37. The molecule has 0 spiro atoms. The number of amides is 1. The van der Waals surface area contributed by atoms with Crippen LogP contribution < -0.4 is 11.1 Å². The van der Waals surface area contributed by atoms with Crippen LogP contribution in [0.4, 0.5) is 0 Å². The number of rotatable bonds is 5. The number of benzene rings is 1. The predicted molar refractivity (Wildman–Crippen MR) is 74.7 cm³/mol. The van der Waals surface area contributed by atoms with E-state index in [0.29, 0.717) is 10.6 Å². The van der Waals surface area contributed by atoms with Crippen LogP contribution in [0.3, 0.4) is 0 Å². The van der Waals surface area contributed by atoms with E-state index in [2.05, 4.69) is 5.32 Å². The quantitative estimate of drug-likeness (QED) is 0.852. The molecular weight excluding hydrogens is 288 g/mol. The van der Waals surface area contributed by atoms with Gasteiger partial charge in [-0.05, 0) is 26.0 Å². The Morgan fingerprint density at radius 1 is 1.42 bits per heavy atom. The molecular formula is C12H17ClN2O3S. The molecule has 0 aromatic heterocycles. The minimum Gasteiger partial charge on any atom is -0.368 e. The van der Waals surface area contributed by atoms with Gasteiger partial charge in [-0.25, -0.2) is 8.42 Å². The van der Waals surface area contributed by atoms with Gasteiger partial charge in [0.1, 0.15) is 0 Å². The Balaban J connectivity index is 3.12. The molecule has 1 amide bonds. The van der Waals surface area contributed by atoms with Crippen molar-refractivity contribution in [3.8, 4) is 0 Å². The first-order chi connectivity index (χ1) is 8.55. The van der Waals surface area contributed by atoms with Crippen LogP contribution in [0.15, 0.2) is 23.1 Å². The third-order valence-corrected chi connectivity index (χ3v) is 4.33. The summed E-state index contributed by atoms with van der Waals surface area (Å²) in [6.07, 6.45) is 1.11. The van der Waals surface area contributed by atoms with Gasteiger partial charge in [0.25, 0.3) is 0 Å². The van der Waals surface area contributed by atoms with Gasteiger partial charge in [-0.15, -0.1) is 0 Å². The lowest BCUT2D eigenvalue weighted by molar-refractivity contribution is -0.123. The van der Waals surface area contributed by atoms with E-state index < -0.39 is 21.3 Å². The maximum atomic E-state index is 11.7. The van der Waals surface area contributed by atoms with E-state index in [4.69, 9.17) is 17.3 Å². The number of primary amides is 1. The summed E-state index contributed by atoms with van der Waals surface area (Å²) in [5, 5.41) is 3.23. The second-order valence-corrected chi connectivity index (χ2v) is 7.22. The summed E-state index contributed by atoms with van der Waals surface area (Å²) in [5.41, 5.74) is 4.72. The highest BCUT2D eigenvalue weighted by atomic mass is 35.5. The average molecular weight is 305 g/mol. The molecule has 0 saturated carbocycles. The molecule has 1 aromatic rings. The topological polar surface area (TPSA) is 89.3 Å². The zero-order chi connectivity index (χ0) is 14.8. The number of carbonyl (C=O) groups is 1. The summed E-state index contributed by atoms with van der Waals surface area (Å²) in [5.74, 6) is -0.527. The highest BCUT2D eigenvalue weighted by molar-refractivity contribution is 7.90. The van der Waals surface area contributed by atoms with Crippen molar-refractivity contribution in [1.82, 2.24) is 5.32 Å². The number of nitrogens with two attached hydrogens (primary N) is 1. The molecule has 3 N–H and O–H groups in total. The average Bonchev–Trinajstić information content (AvgIpc) is 2.25. The minimum absolute atomic E-state index is 0.137. The standard InChI is InChI=1S/C12H17ClN2O3S/c1-12(2,11(14)16)15-7-8-9(13)5-4-6-10(8)19(3,17)18/h4-6,15H,7H2,1-3H3,(H2,14,16). The van der Waals surface area contributed by atoms with Crippen LogP contribution in [0.5, 0.6) is 0 Å². The number of halogens is 1. The Labute approximate surface area is 118 Å². The maximum Gasteiger partial charge on any atom is 0.237 e. The second kappa shape index (κ2) is 5.48. The maximum absolute atomic E-state index is 11.7. The molecule has 0 bridgehead atoms. The Kier molecular flexibility index (Phi) is 4.60. The molecule has 0 aliphatic rings. The summed E-state index contributed by atoms with van der Waals surface area (Å²) in [7, 11) is -3.38. The monoisotopic (exact) mass is 304 g/mol. The number of nitrogens with one attached hydrogen (secondary N) is 1. The molecule has 0 heterocycles. The van der Waals surface area contributed by atoms with Gasteiger partial charge >= 0.3 is 0 Å². The summed E-state index contributed by atoms with van der Waals surface area (Å²) < 4.78 is 23.4. The molecule has 0 aliphatic heterocycles. The number of hydrogen-bond acceptors (Lipinski definition) is 4.